The highest BCUT2D eigenvalue weighted by atomic mass is 35.5. The van der Waals surface area contributed by atoms with Crippen LogP contribution in [0.3, 0.4) is 0 Å². The van der Waals surface area contributed by atoms with E-state index < -0.39 is 16.9 Å². The number of carbonyl (C=O) groups is 2. The average Bonchev–Trinajstić information content (AvgIpc) is 3.30. The van der Waals surface area contributed by atoms with Gasteiger partial charge in [0.2, 0.25) is 5.91 Å². The standard InChI is InChI=1S/C27H31ClN4O4S/c1-5-32-23(33)20-15-18(28)11-12-21(20)30-25(32)37-22(17-9-7-6-8-10-17)24(34)31-14-13-19(16-31)29-26(35)36-27(2,3)4/h6-12,15,19,22H,5,13-14,16H2,1-4H3,(H,29,35)/t19-,22?/m0/s1. The Bertz CT molecular complexity index is 1360. The van der Waals surface area contributed by atoms with Gasteiger partial charge in [-0.2, -0.15) is 0 Å². The van der Waals surface area contributed by atoms with Crippen molar-refractivity contribution in [1.29, 1.82) is 0 Å². The zero-order chi connectivity index (χ0) is 26.7. The second-order valence-corrected chi connectivity index (χ2v) is 11.4. The first-order valence-electron chi connectivity index (χ1n) is 12.3. The zero-order valence-electron chi connectivity index (χ0n) is 21.4. The number of aromatic nitrogens is 2. The van der Waals surface area contributed by atoms with Gasteiger partial charge < -0.3 is 15.0 Å². The van der Waals surface area contributed by atoms with Gasteiger partial charge in [-0.25, -0.2) is 9.78 Å². The molecule has 1 fully saturated rings. The molecule has 0 spiro atoms. The first-order valence-corrected chi connectivity index (χ1v) is 13.5. The Kier molecular flexibility index (Phi) is 8.14. The van der Waals surface area contributed by atoms with E-state index in [2.05, 4.69) is 5.32 Å². The van der Waals surface area contributed by atoms with E-state index in [1.807, 2.05) is 58.0 Å². The molecule has 1 N–H and O–H groups in total. The van der Waals surface area contributed by atoms with Gasteiger partial charge in [-0.05, 0) is 57.9 Å². The van der Waals surface area contributed by atoms with E-state index >= 15 is 0 Å². The summed E-state index contributed by atoms with van der Waals surface area (Å²) >= 11 is 7.37. The van der Waals surface area contributed by atoms with E-state index in [1.54, 1.807) is 27.7 Å². The fourth-order valence-corrected chi connectivity index (χ4v) is 5.67. The molecule has 196 valence electrons. The van der Waals surface area contributed by atoms with Crippen molar-refractivity contribution >= 4 is 46.3 Å². The predicted octanol–water partition coefficient (Wildman–Crippen LogP) is 5.03. The lowest BCUT2D eigenvalue weighted by Crippen LogP contribution is -2.41. The third-order valence-electron chi connectivity index (χ3n) is 5.97. The molecule has 3 aromatic rings. The van der Waals surface area contributed by atoms with Crippen LogP contribution in [0, 0.1) is 0 Å². The van der Waals surface area contributed by atoms with Crippen LogP contribution in [0.15, 0.2) is 58.5 Å². The number of hydrogen-bond acceptors (Lipinski definition) is 6. The van der Waals surface area contributed by atoms with Crippen molar-refractivity contribution in [3.8, 4) is 0 Å². The van der Waals surface area contributed by atoms with E-state index in [9.17, 15) is 14.4 Å². The first-order chi connectivity index (χ1) is 17.6. The number of carbonyl (C=O) groups excluding carboxylic acids is 2. The van der Waals surface area contributed by atoms with Gasteiger partial charge in [-0.1, -0.05) is 53.7 Å². The van der Waals surface area contributed by atoms with Crippen LogP contribution in [0.5, 0.6) is 0 Å². The quantitative estimate of drug-likeness (QED) is 0.347. The highest BCUT2D eigenvalue weighted by Gasteiger charge is 2.34. The van der Waals surface area contributed by atoms with Gasteiger partial charge in [0.05, 0.1) is 16.9 Å². The van der Waals surface area contributed by atoms with Gasteiger partial charge >= 0.3 is 6.09 Å². The summed E-state index contributed by atoms with van der Waals surface area (Å²) in [6.07, 6.45) is 0.138. The van der Waals surface area contributed by atoms with Gasteiger partial charge in [-0.15, -0.1) is 0 Å². The summed E-state index contributed by atoms with van der Waals surface area (Å²) in [4.78, 5) is 45.8. The number of hydrogen-bond donors (Lipinski definition) is 1. The largest absolute Gasteiger partial charge is 0.444 e. The normalized spacial score (nSPS) is 16.6. The Balaban J connectivity index is 1.60. The summed E-state index contributed by atoms with van der Waals surface area (Å²) < 4.78 is 6.94. The molecule has 2 aromatic carbocycles. The molecule has 37 heavy (non-hydrogen) atoms. The molecule has 1 aromatic heterocycles. The number of halogens is 1. The van der Waals surface area contributed by atoms with Crippen LogP contribution in [0.1, 0.15) is 44.9 Å². The maximum atomic E-state index is 13.8. The van der Waals surface area contributed by atoms with Crippen LogP contribution in [-0.4, -0.2) is 51.2 Å². The maximum absolute atomic E-state index is 13.8. The van der Waals surface area contributed by atoms with Crippen LogP contribution in [0.4, 0.5) is 4.79 Å². The summed E-state index contributed by atoms with van der Waals surface area (Å²) in [5.41, 5.74) is 0.554. The lowest BCUT2D eigenvalue weighted by Gasteiger charge is -2.25. The van der Waals surface area contributed by atoms with Crippen LogP contribution < -0.4 is 10.9 Å². The minimum Gasteiger partial charge on any atom is -0.444 e. The summed E-state index contributed by atoms with van der Waals surface area (Å²) in [6.45, 7) is 8.59. The van der Waals surface area contributed by atoms with Crippen molar-refractivity contribution in [2.45, 2.75) is 62.7 Å². The summed E-state index contributed by atoms with van der Waals surface area (Å²) in [7, 11) is 0. The molecule has 0 aliphatic carbocycles. The lowest BCUT2D eigenvalue weighted by atomic mass is 10.1. The van der Waals surface area contributed by atoms with Gasteiger partial charge in [0.25, 0.3) is 5.56 Å². The molecule has 2 amide bonds. The number of nitrogens with zero attached hydrogens (tertiary/aromatic N) is 3. The van der Waals surface area contributed by atoms with E-state index in [0.29, 0.717) is 47.1 Å². The third-order valence-corrected chi connectivity index (χ3v) is 7.44. The molecule has 4 rings (SSSR count). The SMILES string of the molecule is CCn1c(SC(C(=O)N2CC[C@H](NC(=O)OC(C)(C)C)C2)c2ccccc2)nc2ccc(Cl)cc2c1=O. The number of benzene rings is 2. The molecule has 2 atom stereocenters. The first kappa shape index (κ1) is 27.0. The van der Waals surface area contributed by atoms with Crippen LogP contribution in [-0.2, 0) is 16.1 Å². The number of alkyl carbamates (subject to hydrolysis) is 1. The van der Waals surface area contributed by atoms with Gasteiger partial charge in [0.1, 0.15) is 10.9 Å². The number of likely N-dealkylation sites (tertiary alicyclic amines) is 1. The van der Waals surface area contributed by atoms with E-state index in [4.69, 9.17) is 21.3 Å². The number of thioether (sulfide) groups is 1. The highest BCUT2D eigenvalue weighted by molar-refractivity contribution is 8.00. The minimum atomic E-state index is -0.615. The Hall–Kier alpha value is -3.04. The van der Waals surface area contributed by atoms with E-state index in [0.717, 1.165) is 5.56 Å². The molecule has 0 saturated carbocycles. The zero-order valence-corrected chi connectivity index (χ0v) is 22.9. The fraction of sp³-hybridized carbons (Fsp3) is 0.407. The Morgan fingerprint density at radius 2 is 1.95 bits per heavy atom. The second-order valence-electron chi connectivity index (χ2n) is 9.93. The van der Waals surface area contributed by atoms with Crippen molar-refractivity contribution in [3.63, 3.8) is 0 Å². The molecule has 1 aliphatic heterocycles. The molecular formula is C27H31ClN4O4S. The predicted molar refractivity (Wildman–Crippen MR) is 146 cm³/mol. The van der Waals surface area contributed by atoms with Crippen LogP contribution in [0.25, 0.3) is 10.9 Å². The molecule has 0 radical (unpaired) electrons. The van der Waals surface area contributed by atoms with Crippen molar-refractivity contribution in [2.75, 3.05) is 13.1 Å². The van der Waals surface area contributed by atoms with Crippen molar-refractivity contribution < 1.29 is 14.3 Å². The van der Waals surface area contributed by atoms with Crippen molar-refractivity contribution in [1.82, 2.24) is 19.8 Å². The Morgan fingerprint density at radius 3 is 2.62 bits per heavy atom. The molecule has 0 bridgehead atoms. The topological polar surface area (TPSA) is 93.5 Å². The van der Waals surface area contributed by atoms with Crippen molar-refractivity contribution in [3.05, 3.63) is 69.5 Å². The van der Waals surface area contributed by atoms with Crippen LogP contribution >= 0.6 is 23.4 Å². The molecule has 1 unspecified atom stereocenters. The summed E-state index contributed by atoms with van der Waals surface area (Å²) in [5.74, 6) is -0.0993. The smallest absolute Gasteiger partial charge is 0.407 e. The highest BCUT2D eigenvalue weighted by Crippen LogP contribution is 2.37. The second kappa shape index (κ2) is 11.1. The molecule has 1 saturated heterocycles. The minimum absolute atomic E-state index is 0.0993. The number of rotatable bonds is 6. The van der Waals surface area contributed by atoms with Gasteiger partial charge in [0, 0.05) is 24.7 Å². The maximum Gasteiger partial charge on any atom is 0.407 e. The molecule has 10 heteroatoms. The fourth-order valence-electron chi connectivity index (χ4n) is 4.25. The molecule has 2 heterocycles. The average molecular weight is 543 g/mol. The summed E-state index contributed by atoms with van der Waals surface area (Å²) in [6, 6.07) is 14.3. The molecular weight excluding hydrogens is 512 g/mol. The number of nitrogens with one attached hydrogen (secondary N) is 1. The number of fused-ring (bicyclic) bond motifs is 1. The third kappa shape index (κ3) is 6.45. The lowest BCUT2D eigenvalue weighted by molar-refractivity contribution is -0.129. The van der Waals surface area contributed by atoms with Crippen molar-refractivity contribution in [2.24, 2.45) is 0 Å². The summed E-state index contributed by atoms with van der Waals surface area (Å²) in [5, 5.41) is 3.63. The Morgan fingerprint density at radius 1 is 1.22 bits per heavy atom. The monoisotopic (exact) mass is 542 g/mol. The molecule has 8 nitrogen and oxygen atoms in total. The van der Waals surface area contributed by atoms with Crippen LogP contribution in [0.2, 0.25) is 5.02 Å². The number of amides is 2. The van der Waals surface area contributed by atoms with Gasteiger partial charge in [0.15, 0.2) is 5.16 Å². The van der Waals surface area contributed by atoms with E-state index in [-0.39, 0.29) is 17.5 Å². The Labute approximate surface area is 225 Å². The molecule has 1 aliphatic rings. The number of ether oxygens (including phenoxy) is 1. The van der Waals surface area contributed by atoms with Gasteiger partial charge in [-0.3, -0.25) is 14.2 Å². The van der Waals surface area contributed by atoms with E-state index in [1.165, 1.54) is 11.8 Å².